The molecule has 28 heavy (non-hydrogen) atoms. The maximum atomic E-state index is 12.7. The number of rotatable bonds is 11. The van der Waals surface area contributed by atoms with E-state index >= 15 is 0 Å². The van der Waals surface area contributed by atoms with E-state index in [0.29, 0.717) is 19.6 Å². The molecule has 0 radical (unpaired) electrons. The summed E-state index contributed by atoms with van der Waals surface area (Å²) in [5.41, 5.74) is 0.209. The van der Waals surface area contributed by atoms with Gasteiger partial charge in [0.1, 0.15) is 6.04 Å². The fourth-order valence-electron chi connectivity index (χ4n) is 2.77. The maximum Gasteiger partial charge on any atom is 0.251 e. The molecule has 1 aromatic rings. The second-order valence-corrected chi connectivity index (χ2v) is 8.89. The predicted octanol–water partition coefficient (Wildman–Crippen LogP) is 2.39. The smallest absolute Gasteiger partial charge is 0.251 e. The lowest BCUT2D eigenvalue weighted by Crippen LogP contribution is -2.49. The lowest BCUT2D eigenvalue weighted by atomic mass is 10.0. The predicted molar refractivity (Wildman–Crippen MR) is 111 cm³/mol. The minimum atomic E-state index is -3.66. The quantitative estimate of drug-likeness (QED) is 0.547. The van der Waals surface area contributed by atoms with Crippen LogP contribution in [-0.2, 0) is 14.8 Å². The van der Waals surface area contributed by atoms with Crippen LogP contribution in [0.1, 0.15) is 57.8 Å². The zero-order valence-corrected chi connectivity index (χ0v) is 18.3. The number of hydrogen-bond acceptors (Lipinski definition) is 4. The average Bonchev–Trinajstić information content (AvgIpc) is 2.66. The van der Waals surface area contributed by atoms with Gasteiger partial charge in [-0.1, -0.05) is 47.1 Å². The number of nitrogens with one attached hydrogen (secondary N) is 2. The molecule has 158 valence electrons. The number of carbonyl (C=O) groups is 2. The highest BCUT2D eigenvalue weighted by molar-refractivity contribution is 7.89. The first-order valence-electron chi connectivity index (χ1n) is 9.87. The molecule has 0 saturated heterocycles. The summed E-state index contributed by atoms with van der Waals surface area (Å²) in [7, 11) is -3.66. The van der Waals surface area contributed by atoms with E-state index in [1.807, 2.05) is 20.8 Å². The number of unbranched alkanes of at least 4 members (excludes halogenated alkanes) is 1. The summed E-state index contributed by atoms with van der Waals surface area (Å²) in [6, 6.07) is 5.23. The van der Waals surface area contributed by atoms with Gasteiger partial charge in [-0.25, -0.2) is 8.42 Å². The second-order valence-electron chi connectivity index (χ2n) is 6.96. The fourth-order valence-corrected chi connectivity index (χ4v) is 4.27. The molecule has 0 spiro atoms. The number of nitrogens with zero attached hydrogens (tertiary/aromatic N) is 1. The van der Waals surface area contributed by atoms with E-state index in [9.17, 15) is 18.0 Å². The Morgan fingerprint density at radius 2 is 1.75 bits per heavy atom. The van der Waals surface area contributed by atoms with E-state index in [4.69, 9.17) is 0 Å². The van der Waals surface area contributed by atoms with E-state index in [2.05, 4.69) is 10.6 Å². The van der Waals surface area contributed by atoms with Crippen molar-refractivity contribution in [3.8, 4) is 0 Å². The van der Waals surface area contributed by atoms with Gasteiger partial charge in [0.15, 0.2) is 0 Å². The molecule has 1 rings (SSSR count). The Kier molecular flexibility index (Phi) is 9.61. The van der Waals surface area contributed by atoms with Crippen molar-refractivity contribution >= 4 is 21.8 Å². The number of hydrogen-bond donors (Lipinski definition) is 2. The van der Waals surface area contributed by atoms with Gasteiger partial charge < -0.3 is 10.6 Å². The van der Waals surface area contributed by atoms with Crippen LogP contribution in [0, 0.1) is 5.92 Å². The number of amides is 2. The van der Waals surface area contributed by atoms with Gasteiger partial charge in [0.05, 0.1) is 4.90 Å². The molecule has 0 aliphatic heterocycles. The lowest BCUT2D eigenvalue weighted by Gasteiger charge is -2.22. The van der Waals surface area contributed by atoms with Crippen LogP contribution in [0.5, 0.6) is 0 Å². The number of sulfonamides is 1. The Morgan fingerprint density at radius 1 is 1.11 bits per heavy atom. The Morgan fingerprint density at radius 3 is 2.29 bits per heavy atom. The van der Waals surface area contributed by atoms with Crippen LogP contribution in [-0.4, -0.2) is 50.2 Å². The minimum Gasteiger partial charge on any atom is -0.354 e. The third-order valence-electron chi connectivity index (χ3n) is 4.50. The Labute approximate surface area is 168 Å². The Balaban J connectivity index is 3.01. The molecule has 2 amide bonds. The first-order valence-corrected chi connectivity index (χ1v) is 11.3. The van der Waals surface area contributed by atoms with Crippen molar-refractivity contribution in [1.29, 1.82) is 0 Å². The van der Waals surface area contributed by atoms with Gasteiger partial charge in [-0.05, 0) is 30.5 Å². The zero-order chi connectivity index (χ0) is 21.3. The molecule has 0 aliphatic carbocycles. The van der Waals surface area contributed by atoms with E-state index < -0.39 is 22.0 Å². The van der Waals surface area contributed by atoms with Crippen LogP contribution in [0.4, 0.5) is 0 Å². The molecular weight excluding hydrogens is 378 g/mol. The lowest BCUT2D eigenvalue weighted by molar-refractivity contribution is -0.123. The highest BCUT2D eigenvalue weighted by atomic mass is 32.2. The molecule has 1 aromatic carbocycles. The molecule has 1 atom stereocenters. The van der Waals surface area contributed by atoms with Gasteiger partial charge in [0.25, 0.3) is 5.91 Å². The van der Waals surface area contributed by atoms with Crippen molar-refractivity contribution in [1.82, 2.24) is 14.9 Å². The van der Waals surface area contributed by atoms with Gasteiger partial charge in [-0.3, -0.25) is 9.59 Å². The molecule has 0 aliphatic rings. The summed E-state index contributed by atoms with van der Waals surface area (Å²) in [5.74, 6) is -0.808. The first kappa shape index (κ1) is 24.1. The van der Waals surface area contributed by atoms with Gasteiger partial charge in [-0.2, -0.15) is 4.31 Å². The standard InChI is InChI=1S/C20H33N3O4S/c1-6-9-13-21-20(25)18(15(4)5)22-19(24)16-11-10-12-17(14-16)28(26,27)23(7-2)8-3/h10-12,14-15,18H,6-9,13H2,1-5H3,(H,21,25)(H,22,24)/t18-/m0/s1. The molecule has 0 aromatic heterocycles. The summed E-state index contributed by atoms with van der Waals surface area (Å²) in [5, 5.41) is 5.57. The van der Waals surface area contributed by atoms with Gasteiger partial charge in [0.2, 0.25) is 15.9 Å². The molecular formula is C20H33N3O4S. The third-order valence-corrected chi connectivity index (χ3v) is 6.55. The van der Waals surface area contributed by atoms with Crippen LogP contribution in [0.2, 0.25) is 0 Å². The minimum absolute atomic E-state index is 0.0670. The Bertz CT molecular complexity index is 758. The van der Waals surface area contributed by atoms with Crippen molar-refractivity contribution in [2.24, 2.45) is 5.92 Å². The molecule has 2 N–H and O–H groups in total. The average molecular weight is 412 g/mol. The SMILES string of the molecule is CCCCNC(=O)[C@@H](NC(=O)c1cccc(S(=O)(=O)N(CC)CC)c1)C(C)C. The van der Waals surface area contributed by atoms with E-state index in [1.54, 1.807) is 19.9 Å². The van der Waals surface area contributed by atoms with E-state index in [-0.39, 0.29) is 22.3 Å². The van der Waals surface area contributed by atoms with Crippen LogP contribution >= 0.6 is 0 Å². The zero-order valence-electron chi connectivity index (χ0n) is 17.5. The number of carbonyl (C=O) groups excluding carboxylic acids is 2. The van der Waals surface area contributed by atoms with Crippen LogP contribution in [0.3, 0.4) is 0 Å². The molecule has 0 heterocycles. The van der Waals surface area contributed by atoms with Crippen molar-refractivity contribution in [3.63, 3.8) is 0 Å². The monoisotopic (exact) mass is 411 g/mol. The maximum absolute atomic E-state index is 12.7. The summed E-state index contributed by atoms with van der Waals surface area (Å²) >= 11 is 0. The molecule has 0 fully saturated rings. The highest BCUT2D eigenvalue weighted by Gasteiger charge is 2.26. The molecule has 8 heteroatoms. The molecule has 0 bridgehead atoms. The topological polar surface area (TPSA) is 95.6 Å². The summed E-state index contributed by atoms with van der Waals surface area (Å²) in [4.78, 5) is 25.1. The Hall–Kier alpha value is -1.93. The fraction of sp³-hybridized carbons (Fsp3) is 0.600. The summed E-state index contributed by atoms with van der Waals surface area (Å²) < 4.78 is 26.7. The van der Waals surface area contributed by atoms with Gasteiger partial charge in [-0.15, -0.1) is 0 Å². The second kappa shape index (κ2) is 11.2. The van der Waals surface area contributed by atoms with Crippen molar-refractivity contribution in [2.45, 2.75) is 58.4 Å². The van der Waals surface area contributed by atoms with Crippen LogP contribution in [0.15, 0.2) is 29.2 Å². The molecule has 7 nitrogen and oxygen atoms in total. The van der Waals surface area contributed by atoms with Crippen LogP contribution < -0.4 is 10.6 Å². The summed E-state index contributed by atoms with van der Waals surface area (Å²) in [6.45, 7) is 10.5. The highest BCUT2D eigenvalue weighted by Crippen LogP contribution is 2.17. The number of benzene rings is 1. The summed E-state index contributed by atoms with van der Waals surface area (Å²) in [6.07, 6.45) is 1.84. The third kappa shape index (κ3) is 6.31. The largest absolute Gasteiger partial charge is 0.354 e. The van der Waals surface area contributed by atoms with Gasteiger partial charge in [0, 0.05) is 25.2 Å². The normalized spacial score (nSPS) is 12.8. The van der Waals surface area contributed by atoms with Crippen molar-refractivity contribution in [2.75, 3.05) is 19.6 Å². The van der Waals surface area contributed by atoms with Crippen LogP contribution in [0.25, 0.3) is 0 Å². The van der Waals surface area contributed by atoms with E-state index in [1.165, 1.54) is 22.5 Å². The van der Waals surface area contributed by atoms with Crippen molar-refractivity contribution < 1.29 is 18.0 Å². The van der Waals surface area contributed by atoms with E-state index in [0.717, 1.165) is 12.8 Å². The molecule has 0 unspecified atom stereocenters. The van der Waals surface area contributed by atoms with Gasteiger partial charge >= 0.3 is 0 Å². The van der Waals surface area contributed by atoms with Crippen molar-refractivity contribution in [3.05, 3.63) is 29.8 Å². The molecule has 0 saturated carbocycles. The first-order chi connectivity index (χ1) is 13.2.